The van der Waals surface area contributed by atoms with Gasteiger partial charge in [0, 0.05) is 13.1 Å². The molecule has 0 atom stereocenters. The van der Waals surface area contributed by atoms with Gasteiger partial charge in [0.1, 0.15) is 11.2 Å². The first-order chi connectivity index (χ1) is 14.4. The summed E-state index contributed by atoms with van der Waals surface area (Å²) in [4.78, 5) is 39.5. The smallest absolute Gasteiger partial charge is 0.333 e. The van der Waals surface area contributed by atoms with Gasteiger partial charge in [0.05, 0.1) is 30.4 Å². The zero-order chi connectivity index (χ0) is 21.7. The fourth-order valence-electron chi connectivity index (χ4n) is 3.25. The third kappa shape index (κ3) is 5.25. The van der Waals surface area contributed by atoms with Gasteiger partial charge in [-0.15, -0.1) is 11.3 Å². The highest BCUT2D eigenvalue weighted by Crippen LogP contribution is 2.10. The molecule has 0 N–H and O–H groups in total. The molecule has 0 bridgehead atoms. The molecule has 1 aromatic carbocycles. The van der Waals surface area contributed by atoms with E-state index in [4.69, 9.17) is 9.47 Å². The monoisotopic (exact) mass is 430 g/mol. The van der Waals surface area contributed by atoms with Gasteiger partial charge in [-0.3, -0.25) is 14.2 Å². The number of aryl methyl sites for hydroxylation is 2. The first kappa shape index (κ1) is 22.0. The standard InChI is InChI=1S/C22H26N2O5S/c1-4-29-21(26)13-20-24(14-19(25)23-7-9-28-10-8-23)22(27)18(30-20)12-17-6-5-15(2)11-16(17)3/h5-6,11-13H,4,7-10,14H2,1-3H3. The average Bonchev–Trinajstić information content (AvgIpc) is 2.99. The summed E-state index contributed by atoms with van der Waals surface area (Å²) in [6, 6.07) is 5.99. The minimum atomic E-state index is -0.538. The van der Waals surface area contributed by atoms with Crippen molar-refractivity contribution in [3.8, 4) is 0 Å². The van der Waals surface area contributed by atoms with E-state index < -0.39 is 5.97 Å². The van der Waals surface area contributed by atoms with Crippen LogP contribution < -0.4 is 14.8 Å². The van der Waals surface area contributed by atoms with Crippen molar-refractivity contribution in [3.05, 3.63) is 54.4 Å². The number of nitrogens with zero attached hydrogens (tertiary/aromatic N) is 2. The van der Waals surface area contributed by atoms with Gasteiger partial charge in [-0.1, -0.05) is 23.8 Å². The molecule has 0 unspecified atom stereocenters. The normalized spacial score (nSPS) is 15.5. The maximum absolute atomic E-state index is 13.1. The second-order valence-electron chi connectivity index (χ2n) is 7.09. The Balaban J connectivity index is 2.05. The molecule has 1 saturated heterocycles. The van der Waals surface area contributed by atoms with Crippen LogP contribution in [-0.2, 0) is 25.6 Å². The van der Waals surface area contributed by atoms with Crippen LogP contribution in [-0.4, -0.2) is 54.3 Å². The largest absolute Gasteiger partial charge is 0.463 e. The van der Waals surface area contributed by atoms with Gasteiger partial charge in [-0.05, 0) is 38.0 Å². The third-order valence-electron chi connectivity index (χ3n) is 4.83. The summed E-state index contributed by atoms with van der Waals surface area (Å²) in [5, 5.41) is 0. The third-order valence-corrected chi connectivity index (χ3v) is 5.89. The molecule has 7 nitrogen and oxygen atoms in total. The summed E-state index contributed by atoms with van der Waals surface area (Å²) in [5.74, 6) is -0.709. The summed E-state index contributed by atoms with van der Waals surface area (Å²) in [5.41, 5.74) is 2.82. The molecule has 160 valence electrons. The van der Waals surface area contributed by atoms with Gasteiger partial charge in [0.25, 0.3) is 5.56 Å². The molecular weight excluding hydrogens is 404 g/mol. The van der Waals surface area contributed by atoms with Crippen molar-refractivity contribution < 1.29 is 19.1 Å². The Kier molecular flexibility index (Phi) is 7.23. The Hall–Kier alpha value is -2.71. The number of esters is 1. The predicted molar refractivity (Wildman–Crippen MR) is 116 cm³/mol. The number of rotatable bonds is 5. The van der Waals surface area contributed by atoms with E-state index >= 15 is 0 Å². The molecule has 2 heterocycles. The number of aromatic nitrogens is 1. The summed E-state index contributed by atoms with van der Waals surface area (Å²) < 4.78 is 12.5. The van der Waals surface area contributed by atoms with E-state index in [0.717, 1.165) is 16.7 Å². The van der Waals surface area contributed by atoms with E-state index in [1.54, 1.807) is 17.9 Å². The van der Waals surface area contributed by atoms with Crippen molar-refractivity contribution in [2.24, 2.45) is 0 Å². The molecule has 0 aliphatic carbocycles. The molecule has 0 radical (unpaired) electrons. The Bertz CT molecular complexity index is 1110. The number of ether oxygens (including phenoxy) is 2. The molecule has 0 spiro atoms. The van der Waals surface area contributed by atoms with Crippen LogP contribution in [0.15, 0.2) is 23.0 Å². The number of benzene rings is 1. The molecule has 30 heavy (non-hydrogen) atoms. The lowest BCUT2D eigenvalue weighted by Gasteiger charge is -2.26. The van der Waals surface area contributed by atoms with E-state index in [9.17, 15) is 14.4 Å². The topological polar surface area (TPSA) is 77.8 Å². The molecule has 1 aliphatic rings. The van der Waals surface area contributed by atoms with Crippen LogP contribution >= 0.6 is 11.3 Å². The van der Waals surface area contributed by atoms with Crippen LogP contribution in [0.5, 0.6) is 0 Å². The first-order valence-corrected chi connectivity index (χ1v) is 10.7. The molecule has 2 aromatic rings. The van der Waals surface area contributed by atoms with Crippen LogP contribution in [0.1, 0.15) is 23.6 Å². The van der Waals surface area contributed by atoms with Crippen molar-refractivity contribution in [1.29, 1.82) is 0 Å². The Morgan fingerprint density at radius 2 is 1.97 bits per heavy atom. The van der Waals surface area contributed by atoms with Gasteiger partial charge in [0.2, 0.25) is 5.91 Å². The zero-order valence-corrected chi connectivity index (χ0v) is 18.3. The van der Waals surface area contributed by atoms with Gasteiger partial charge < -0.3 is 14.4 Å². The maximum atomic E-state index is 13.1. The SMILES string of the molecule is CCOC(=O)C=c1sc(=Cc2ccc(C)cc2C)c(=O)n1CC(=O)N1CCOCC1. The Morgan fingerprint density at radius 3 is 2.63 bits per heavy atom. The number of carbonyl (C=O) groups is 2. The number of amides is 1. The summed E-state index contributed by atoms with van der Waals surface area (Å²) in [6.45, 7) is 7.79. The van der Waals surface area contributed by atoms with E-state index in [1.807, 2.05) is 32.0 Å². The van der Waals surface area contributed by atoms with Gasteiger partial charge >= 0.3 is 5.97 Å². The second kappa shape index (κ2) is 9.86. The van der Waals surface area contributed by atoms with Crippen LogP contribution in [0.3, 0.4) is 0 Å². The first-order valence-electron chi connectivity index (χ1n) is 9.91. The maximum Gasteiger partial charge on any atom is 0.333 e. The van der Waals surface area contributed by atoms with Gasteiger partial charge in [0.15, 0.2) is 0 Å². The highest BCUT2D eigenvalue weighted by molar-refractivity contribution is 7.07. The molecule has 8 heteroatoms. The van der Waals surface area contributed by atoms with Crippen molar-refractivity contribution in [3.63, 3.8) is 0 Å². The van der Waals surface area contributed by atoms with Gasteiger partial charge in [-0.2, -0.15) is 0 Å². The van der Waals surface area contributed by atoms with Crippen LogP contribution in [0.2, 0.25) is 0 Å². The molecule has 0 saturated carbocycles. The second-order valence-corrected chi connectivity index (χ2v) is 8.15. The highest BCUT2D eigenvalue weighted by Gasteiger charge is 2.19. The zero-order valence-electron chi connectivity index (χ0n) is 17.5. The van der Waals surface area contributed by atoms with E-state index in [1.165, 1.54) is 22.0 Å². The fourth-order valence-corrected chi connectivity index (χ4v) is 4.28. The van der Waals surface area contributed by atoms with Crippen LogP contribution in [0, 0.1) is 13.8 Å². The minimum absolute atomic E-state index is 0.124. The Labute approximate surface area is 178 Å². The lowest BCUT2D eigenvalue weighted by atomic mass is 10.1. The van der Waals surface area contributed by atoms with E-state index in [2.05, 4.69) is 0 Å². The molecule has 1 aromatic heterocycles. The lowest BCUT2D eigenvalue weighted by molar-refractivity contribution is -0.136. The predicted octanol–water partition coefficient (Wildman–Crippen LogP) is 0.558. The average molecular weight is 431 g/mol. The fraction of sp³-hybridized carbons (Fsp3) is 0.409. The van der Waals surface area contributed by atoms with Crippen molar-refractivity contribution in [2.75, 3.05) is 32.9 Å². The highest BCUT2D eigenvalue weighted by atomic mass is 32.1. The van der Waals surface area contributed by atoms with E-state index in [0.29, 0.717) is 35.5 Å². The quantitative estimate of drug-likeness (QED) is 0.648. The molecule has 1 aliphatic heterocycles. The summed E-state index contributed by atoms with van der Waals surface area (Å²) in [6.07, 6.45) is 3.08. The van der Waals surface area contributed by atoms with Gasteiger partial charge in [-0.25, -0.2) is 4.79 Å². The lowest BCUT2D eigenvalue weighted by Crippen LogP contribution is -2.45. The number of morpholine rings is 1. The number of hydrogen-bond acceptors (Lipinski definition) is 6. The van der Waals surface area contributed by atoms with Crippen LogP contribution in [0.25, 0.3) is 12.2 Å². The summed E-state index contributed by atoms with van der Waals surface area (Å²) >= 11 is 1.18. The molecule has 1 amide bonds. The number of thiazole rings is 1. The van der Waals surface area contributed by atoms with Crippen molar-refractivity contribution in [2.45, 2.75) is 27.3 Å². The number of hydrogen-bond donors (Lipinski definition) is 0. The van der Waals surface area contributed by atoms with Crippen molar-refractivity contribution in [1.82, 2.24) is 9.47 Å². The molecular formula is C22H26N2O5S. The molecule has 1 fully saturated rings. The Morgan fingerprint density at radius 1 is 1.23 bits per heavy atom. The van der Waals surface area contributed by atoms with Crippen LogP contribution in [0.4, 0.5) is 0 Å². The van der Waals surface area contributed by atoms with Crippen molar-refractivity contribution >= 4 is 35.4 Å². The summed E-state index contributed by atoms with van der Waals surface area (Å²) in [7, 11) is 0. The number of carbonyl (C=O) groups excluding carboxylic acids is 2. The van der Waals surface area contributed by atoms with E-state index in [-0.39, 0.29) is 24.6 Å². The molecule has 3 rings (SSSR count). The minimum Gasteiger partial charge on any atom is -0.463 e.